The van der Waals surface area contributed by atoms with Gasteiger partial charge in [-0.3, -0.25) is 4.90 Å². The van der Waals surface area contributed by atoms with E-state index >= 15 is 0 Å². The molecule has 4 heterocycles. The van der Waals surface area contributed by atoms with Gasteiger partial charge < -0.3 is 14.8 Å². The molecule has 0 aliphatic carbocycles. The van der Waals surface area contributed by atoms with Gasteiger partial charge in [-0.05, 0) is 55.8 Å². The van der Waals surface area contributed by atoms with Crippen molar-refractivity contribution < 1.29 is 8.91 Å². The average Bonchev–Trinajstić information content (AvgIpc) is 3.48. The molecule has 0 spiro atoms. The van der Waals surface area contributed by atoms with Crippen molar-refractivity contribution in [2.45, 2.75) is 46.1 Å². The van der Waals surface area contributed by atoms with Crippen LogP contribution in [0.15, 0.2) is 53.5 Å². The highest BCUT2D eigenvalue weighted by molar-refractivity contribution is 5.91. The Morgan fingerprint density at radius 2 is 2.06 bits per heavy atom. The molecule has 5 rings (SSSR count). The largest absolute Gasteiger partial charge is 0.405 e. The van der Waals surface area contributed by atoms with Crippen LogP contribution in [0.4, 0.5) is 4.39 Å². The van der Waals surface area contributed by atoms with E-state index in [1.807, 2.05) is 0 Å². The van der Waals surface area contributed by atoms with E-state index in [1.165, 1.54) is 28.9 Å². The zero-order valence-corrected chi connectivity index (χ0v) is 19.4. The fourth-order valence-electron chi connectivity index (χ4n) is 5.79. The first-order chi connectivity index (χ1) is 16.1. The number of hydrogen-bond donors (Lipinski definition) is 1. The number of likely N-dealkylation sites (N-methyl/N-ethyl adjacent to an activating group) is 1. The Morgan fingerprint density at radius 3 is 2.76 bits per heavy atom. The molecule has 0 saturated heterocycles. The van der Waals surface area contributed by atoms with Crippen LogP contribution in [0.2, 0.25) is 0 Å². The molecule has 1 aromatic carbocycles. The first-order valence-electron chi connectivity index (χ1n) is 11.7. The minimum atomic E-state index is -0.0740. The number of benzene rings is 1. The summed E-state index contributed by atoms with van der Waals surface area (Å²) in [5.74, 6) is 0.563. The van der Waals surface area contributed by atoms with E-state index in [9.17, 15) is 4.39 Å². The Kier molecular flexibility index (Phi) is 5.44. The molecule has 0 unspecified atom stereocenters. The molecule has 2 aliphatic rings. The van der Waals surface area contributed by atoms with Crippen molar-refractivity contribution in [3.05, 3.63) is 71.9 Å². The second-order valence-corrected chi connectivity index (χ2v) is 8.81. The summed E-state index contributed by atoms with van der Waals surface area (Å²) in [7, 11) is 0. The number of allylic oxidation sites excluding steroid dienone is 2. The summed E-state index contributed by atoms with van der Waals surface area (Å²) in [6.07, 6.45) is 8.44. The number of aromatic nitrogens is 3. The molecule has 3 aromatic rings. The maximum Gasteiger partial charge on any atom is 0.274 e. The van der Waals surface area contributed by atoms with E-state index in [-0.39, 0.29) is 22.9 Å². The van der Waals surface area contributed by atoms with Gasteiger partial charge in [0.05, 0.1) is 23.5 Å². The van der Waals surface area contributed by atoms with Gasteiger partial charge in [0, 0.05) is 23.0 Å². The normalized spacial score (nSPS) is 20.4. The third kappa shape index (κ3) is 3.09. The number of hydrogen-bond acceptors (Lipinski definition) is 5. The van der Waals surface area contributed by atoms with Crippen LogP contribution in [0.1, 0.15) is 62.6 Å². The fraction of sp³-hybridized carbons (Fsp3) is 0.385. The van der Waals surface area contributed by atoms with Gasteiger partial charge in [-0.1, -0.05) is 44.1 Å². The van der Waals surface area contributed by atoms with E-state index in [0.29, 0.717) is 12.2 Å². The molecule has 0 fully saturated rings. The van der Waals surface area contributed by atoms with Crippen molar-refractivity contribution in [2.24, 2.45) is 11.1 Å². The van der Waals surface area contributed by atoms with Crippen molar-refractivity contribution in [3.63, 3.8) is 0 Å². The lowest BCUT2D eigenvalue weighted by molar-refractivity contribution is 0.0749. The van der Waals surface area contributed by atoms with Crippen LogP contribution >= 0.6 is 0 Å². The van der Waals surface area contributed by atoms with Crippen LogP contribution in [0, 0.1) is 5.41 Å². The van der Waals surface area contributed by atoms with Crippen LogP contribution in [-0.2, 0) is 6.42 Å². The van der Waals surface area contributed by atoms with Crippen LogP contribution in [0.3, 0.4) is 0 Å². The number of rotatable bonds is 6. The Balaban J connectivity index is 1.80. The zero-order chi connectivity index (χ0) is 23.2. The highest BCUT2D eigenvalue weighted by Gasteiger charge is 2.48. The molecule has 7 heteroatoms. The predicted octanol–water partition coefficient (Wildman–Crippen LogP) is 5.44. The molecule has 172 valence electrons. The summed E-state index contributed by atoms with van der Waals surface area (Å²) in [6.45, 7) is 8.80. The maximum atomic E-state index is 13.4. The topological polar surface area (TPSA) is 73.1 Å². The Labute approximate surface area is 193 Å². The second-order valence-electron chi connectivity index (χ2n) is 8.81. The van der Waals surface area contributed by atoms with Crippen molar-refractivity contribution in [1.82, 2.24) is 19.6 Å². The number of para-hydroxylation sites is 1. The lowest BCUT2D eigenvalue weighted by Crippen LogP contribution is -2.47. The smallest absolute Gasteiger partial charge is 0.274 e. The first kappa shape index (κ1) is 21.6. The summed E-state index contributed by atoms with van der Waals surface area (Å²) >= 11 is 0. The quantitative estimate of drug-likeness (QED) is 0.510. The van der Waals surface area contributed by atoms with Gasteiger partial charge in [0.2, 0.25) is 5.82 Å². The van der Waals surface area contributed by atoms with Gasteiger partial charge in [0.1, 0.15) is 5.70 Å². The minimum Gasteiger partial charge on any atom is -0.405 e. The zero-order valence-electron chi connectivity index (χ0n) is 19.4. The summed E-state index contributed by atoms with van der Waals surface area (Å²) in [4.78, 5) is 7.19. The van der Waals surface area contributed by atoms with E-state index in [1.54, 1.807) is 0 Å². The van der Waals surface area contributed by atoms with Gasteiger partial charge in [-0.2, -0.15) is 4.98 Å². The summed E-state index contributed by atoms with van der Waals surface area (Å²) in [6, 6.07) is 8.81. The van der Waals surface area contributed by atoms with Crippen LogP contribution in [0.5, 0.6) is 0 Å². The minimum absolute atomic E-state index is 0.0740. The molecule has 2 aliphatic heterocycles. The molecule has 0 saturated carbocycles. The third-order valence-electron chi connectivity index (χ3n) is 7.52. The van der Waals surface area contributed by atoms with E-state index in [2.05, 4.69) is 70.7 Å². The molecule has 0 radical (unpaired) electrons. The first-order valence-corrected chi connectivity index (χ1v) is 11.7. The Hall–Kier alpha value is -3.19. The van der Waals surface area contributed by atoms with Crippen LogP contribution in [0.25, 0.3) is 22.2 Å². The molecular formula is C26H30FN5O. The molecule has 2 N–H and O–H groups in total. The molecule has 0 bridgehead atoms. The second kappa shape index (κ2) is 8.30. The van der Waals surface area contributed by atoms with E-state index in [4.69, 9.17) is 10.3 Å². The van der Waals surface area contributed by atoms with Crippen LogP contribution in [-0.4, -0.2) is 32.7 Å². The lowest BCUT2D eigenvalue weighted by Gasteiger charge is -2.49. The number of nitrogens with zero attached hydrogens (tertiary/aromatic N) is 4. The van der Waals surface area contributed by atoms with E-state index < -0.39 is 0 Å². The standard InChI is InChI=1S/C26H30FN5O/c1-4-26(5-2)15-21(25-29-24(30-33-25)17(16-27)11-13-28)32-20-10-8-7-9-18(20)19-12-14-31(6-3)23(26)22(19)32/h7-11,13,15-16,23H,4-6,12,14,28H2,1-3H3/b13-11-,17-16+/t23-/m1/s1. The summed E-state index contributed by atoms with van der Waals surface area (Å²) in [5, 5.41) is 5.33. The summed E-state index contributed by atoms with van der Waals surface area (Å²) < 4.78 is 21.5. The molecule has 6 nitrogen and oxygen atoms in total. The highest BCUT2D eigenvalue weighted by atomic mass is 19.1. The third-order valence-corrected chi connectivity index (χ3v) is 7.52. The average molecular weight is 448 g/mol. The fourth-order valence-corrected chi connectivity index (χ4v) is 5.79. The predicted molar refractivity (Wildman–Crippen MR) is 129 cm³/mol. The molecule has 33 heavy (non-hydrogen) atoms. The van der Waals surface area contributed by atoms with Gasteiger partial charge in [-0.15, -0.1) is 0 Å². The molecule has 2 aromatic heterocycles. The lowest BCUT2D eigenvalue weighted by atomic mass is 9.69. The molecule has 1 atom stereocenters. The maximum absolute atomic E-state index is 13.4. The SMILES string of the molecule is CCN1CCc2c3n(c4ccccc24)C(c2nc(C(/C=C\N)=C/F)no2)=CC(CC)(CC)[C@@H]31. The van der Waals surface area contributed by atoms with Gasteiger partial charge >= 0.3 is 0 Å². The van der Waals surface area contributed by atoms with Gasteiger partial charge in [-0.25, -0.2) is 4.39 Å². The van der Waals surface area contributed by atoms with Crippen molar-refractivity contribution >= 4 is 22.2 Å². The summed E-state index contributed by atoms with van der Waals surface area (Å²) in [5.41, 5.74) is 10.3. The number of nitrogens with two attached hydrogens (primary N) is 1. The van der Waals surface area contributed by atoms with Crippen molar-refractivity contribution in [2.75, 3.05) is 13.1 Å². The monoisotopic (exact) mass is 447 g/mol. The van der Waals surface area contributed by atoms with E-state index in [0.717, 1.165) is 43.6 Å². The molecule has 0 amide bonds. The van der Waals surface area contributed by atoms with Gasteiger partial charge in [0.15, 0.2) is 0 Å². The Morgan fingerprint density at radius 1 is 1.27 bits per heavy atom. The number of fused-ring (bicyclic) bond motifs is 3. The molecular weight excluding hydrogens is 417 g/mol. The highest BCUT2D eigenvalue weighted by Crippen LogP contribution is 2.55. The van der Waals surface area contributed by atoms with Gasteiger partial charge in [0.25, 0.3) is 5.89 Å². The van der Waals surface area contributed by atoms with Crippen molar-refractivity contribution in [1.29, 1.82) is 0 Å². The Bertz CT molecular complexity index is 1280. The van der Waals surface area contributed by atoms with Crippen LogP contribution < -0.4 is 5.73 Å². The number of halogens is 1. The van der Waals surface area contributed by atoms with Crippen molar-refractivity contribution in [3.8, 4) is 0 Å².